The summed E-state index contributed by atoms with van der Waals surface area (Å²) in [6.07, 6.45) is 0. The second kappa shape index (κ2) is 6.36. The van der Waals surface area contributed by atoms with Crippen LogP contribution in [0.15, 0.2) is 46.9 Å². The Kier molecular flexibility index (Phi) is 4.54. The van der Waals surface area contributed by atoms with Crippen LogP contribution in [0.2, 0.25) is 0 Å². The summed E-state index contributed by atoms with van der Waals surface area (Å²) in [5, 5.41) is 16.6. The lowest BCUT2D eigenvalue weighted by Gasteiger charge is -2.08. The number of benzene rings is 2. The van der Waals surface area contributed by atoms with E-state index in [-0.39, 0.29) is 11.3 Å². The fourth-order valence-electron chi connectivity index (χ4n) is 1.89. The van der Waals surface area contributed by atoms with Crippen LogP contribution in [0.4, 0.5) is 17.1 Å². The predicted octanol–water partition coefficient (Wildman–Crippen LogP) is 3.65. The number of nitro benzene ring substituents is 1. The molecule has 2 aromatic rings. The first-order chi connectivity index (χ1) is 10.0. The molecule has 0 atom stereocenters. The van der Waals surface area contributed by atoms with Crippen LogP contribution >= 0.6 is 15.9 Å². The van der Waals surface area contributed by atoms with Crippen molar-refractivity contribution < 1.29 is 9.72 Å². The molecule has 0 fully saturated rings. The fraction of sp³-hybridized carbons (Fsp3) is 0.0714. The van der Waals surface area contributed by atoms with Gasteiger partial charge in [-0.2, -0.15) is 0 Å². The average Bonchev–Trinajstić information content (AvgIpc) is 2.46. The van der Waals surface area contributed by atoms with Crippen LogP contribution in [0.5, 0.6) is 0 Å². The van der Waals surface area contributed by atoms with Gasteiger partial charge in [-0.1, -0.05) is 28.1 Å². The van der Waals surface area contributed by atoms with Gasteiger partial charge in [0.25, 0.3) is 5.91 Å². The van der Waals surface area contributed by atoms with Crippen molar-refractivity contribution in [2.75, 3.05) is 17.7 Å². The number of nitrogens with zero attached hydrogens (tertiary/aromatic N) is 1. The van der Waals surface area contributed by atoms with Crippen molar-refractivity contribution in [3.8, 4) is 0 Å². The highest BCUT2D eigenvalue weighted by atomic mass is 79.9. The number of halogens is 1. The van der Waals surface area contributed by atoms with E-state index in [1.54, 1.807) is 37.4 Å². The first-order valence-electron chi connectivity index (χ1n) is 6.05. The van der Waals surface area contributed by atoms with E-state index in [0.717, 1.165) is 4.47 Å². The summed E-state index contributed by atoms with van der Waals surface area (Å²) in [5.41, 5.74) is 0.611. The van der Waals surface area contributed by atoms with Crippen molar-refractivity contribution >= 4 is 38.9 Å². The van der Waals surface area contributed by atoms with E-state index >= 15 is 0 Å². The molecule has 0 aliphatic rings. The molecule has 2 rings (SSSR count). The second-order valence-corrected chi connectivity index (χ2v) is 5.09. The zero-order valence-corrected chi connectivity index (χ0v) is 12.7. The van der Waals surface area contributed by atoms with Crippen molar-refractivity contribution in [3.05, 3.63) is 62.6 Å². The molecule has 0 aromatic heterocycles. The standard InChI is InChI=1S/C14H12BrN3O3/c1-16-12-7-3-6-11(13(12)18(20)21)14(19)17-10-5-2-4-9(15)8-10/h2-8,16H,1H3,(H,17,19). The summed E-state index contributed by atoms with van der Waals surface area (Å²) < 4.78 is 0.804. The first kappa shape index (κ1) is 15.0. The van der Waals surface area contributed by atoms with E-state index in [2.05, 4.69) is 26.6 Å². The number of nitrogens with one attached hydrogen (secondary N) is 2. The summed E-state index contributed by atoms with van der Waals surface area (Å²) in [6, 6.07) is 11.6. The number of carbonyl (C=O) groups excluding carboxylic acids is 1. The van der Waals surface area contributed by atoms with Crippen LogP contribution in [0.3, 0.4) is 0 Å². The van der Waals surface area contributed by atoms with E-state index in [0.29, 0.717) is 11.4 Å². The quantitative estimate of drug-likeness (QED) is 0.651. The number of amides is 1. The number of nitro groups is 1. The Bertz CT molecular complexity index is 704. The Morgan fingerprint density at radius 1 is 1.24 bits per heavy atom. The Hall–Kier alpha value is -2.41. The lowest BCUT2D eigenvalue weighted by atomic mass is 10.1. The van der Waals surface area contributed by atoms with Gasteiger partial charge in [0.05, 0.1) is 4.92 Å². The van der Waals surface area contributed by atoms with Gasteiger partial charge in [0.2, 0.25) is 0 Å². The molecule has 0 heterocycles. The van der Waals surface area contributed by atoms with E-state index in [1.807, 2.05) is 6.07 Å². The van der Waals surface area contributed by atoms with Gasteiger partial charge in [0, 0.05) is 17.2 Å². The van der Waals surface area contributed by atoms with Crippen LogP contribution in [-0.4, -0.2) is 17.9 Å². The van der Waals surface area contributed by atoms with E-state index in [9.17, 15) is 14.9 Å². The molecule has 2 aromatic carbocycles. The molecule has 0 aliphatic carbocycles. The SMILES string of the molecule is CNc1cccc(C(=O)Nc2cccc(Br)c2)c1[N+](=O)[O-]. The largest absolute Gasteiger partial charge is 0.383 e. The minimum Gasteiger partial charge on any atom is -0.383 e. The summed E-state index contributed by atoms with van der Waals surface area (Å²) in [5.74, 6) is -0.531. The molecule has 0 saturated heterocycles. The van der Waals surface area contributed by atoms with Gasteiger partial charge in [0.1, 0.15) is 11.3 Å². The topological polar surface area (TPSA) is 84.3 Å². The van der Waals surface area contributed by atoms with Crippen LogP contribution in [-0.2, 0) is 0 Å². The highest BCUT2D eigenvalue weighted by molar-refractivity contribution is 9.10. The van der Waals surface area contributed by atoms with E-state index in [4.69, 9.17) is 0 Å². The number of rotatable bonds is 4. The minimum absolute atomic E-state index is 0.00632. The molecule has 21 heavy (non-hydrogen) atoms. The van der Waals surface area contributed by atoms with Gasteiger partial charge in [0.15, 0.2) is 0 Å². The van der Waals surface area contributed by atoms with Gasteiger partial charge in [-0.3, -0.25) is 14.9 Å². The normalized spacial score (nSPS) is 10.0. The molecule has 6 nitrogen and oxygen atoms in total. The highest BCUT2D eigenvalue weighted by Gasteiger charge is 2.23. The third-order valence-electron chi connectivity index (χ3n) is 2.82. The number of hydrogen-bond acceptors (Lipinski definition) is 4. The molecule has 1 amide bonds. The van der Waals surface area contributed by atoms with Crippen LogP contribution < -0.4 is 10.6 Å². The minimum atomic E-state index is -0.568. The van der Waals surface area contributed by atoms with Crippen LogP contribution in [0, 0.1) is 10.1 Å². The second-order valence-electron chi connectivity index (χ2n) is 4.17. The molecule has 108 valence electrons. The van der Waals surface area contributed by atoms with E-state index < -0.39 is 10.8 Å². The molecule has 0 unspecified atom stereocenters. The zero-order valence-electron chi connectivity index (χ0n) is 11.1. The molecule has 0 radical (unpaired) electrons. The molecule has 0 bridgehead atoms. The lowest BCUT2D eigenvalue weighted by Crippen LogP contribution is -2.14. The average molecular weight is 350 g/mol. The van der Waals surface area contributed by atoms with Crippen molar-refractivity contribution in [2.45, 2.75) is 0 Å². The Morgan fingerprint density at radius 2 is 1.95 bits per heavy atom. The maximum Gasteiger partial charge on any atom is 0.305 e. The van der Waals surface area contributed by atoms with E-state index in [1.165, 1.54) is 6.07 Å². The van der Waals surface area contributed by atoms with Crippen molar-refractivity contribution in [3.63, 3.8) is 0 Å². The van der Waals surface area contributed by atoms with Crippen LogP contribution in [0.1, 0.15) is 10.4 Å². The Morgan fingerprint density at radius 3 is 2.57 bits per heavy atom. The third kappa shape index (κ3) is 3.38. The maximum atomic E-state index is 12.3. The predicted molar refractivity (Wildman–Crippen MR) is 84.7 cm³/mol. The molecule has 2 N–H and O–H groups in total. The fourth-order valence-corrected chi connectivity index (χ4v) is 2.29. The Balaban J connectivity index is 2.37. The number of carbonyl (C=O) groups is 1. The van der Waals surface area contributed by atoms with Crippen molar-refractivity contribution in [2.24, 2.45) is 0 Å². The highest BCUT2D eigenvalue weighted by Crippen LogP contribution is 2.29. The molecule has 7 heteroatoms. The van der Waals surface area contributed by atoms with Crippen molar-refractivity contribution in [1.29, 1.82) is 0 Å². The molecule has 0 spiro atoms. The lowest BCUT2D eigenvalue weighted by molar-refractivity contribution is -0.384. The maximum absolute atomic E-state index is 12.3. The number of para-hydroxylation sites is 1. The zero-order chi connectivity index (χ0) is 15.4. The Labute approximate surface area is 129 Å². The summed E-state index contributed by atoms with van der Waals surface area (Å²) in [7, 11) is 1.57. The first-order valence-corrected chi connectivity index (χ1v) is 6.84. The van der Waals surface area contributed by atoms with Gasteiger partial charge in [-0.15, -0.1) is 0 Å². The molecular weight excluding hydrogens is 338 g/mol. The number of hydrogen-bond donors (Lipinski definition) is 2. The third-order valence-corrected chi connectivity index (χ3v) is 3.31. The van der Waals surface area contributed by atoms with Crippen LogP contribution in [0.25, 0.3) is 0 Å². The van der Waals surface area contributed by atoms with Gasteiger partial charge in [-0.05, 0) is 30.3 Å². The molecule has 0 saturated carbocycles. The van der Waals surface area contributed by atoms with Gasteiger partial charge < -0.3 is 10.6 Å². The molecular formula is C14H12BrN3O3. The number of anilines is 2. The molecule has 0 aliphatic heterocycles. The van der Waals surface area contributed by atoms with Gasteiger partial charge >= 0.3 is 5.69 Å². The monoisotopic (exact) mass is 349 g/mol. The summed E-state index contributed by atoms with van der Waals surface area (Å²) >= 11 is 3.30. The summed E-state index contributed by atoms with van der Waals surface area (Å²) in [4.78, 5) is 22.9. The summed E-state index contributed by atoms with van der Waals surface area (Å²) in [6.45, 7) is 0. The van der Waals surface area contributed by atoms with Gasteiger partial charge in [-0.25, -0.2) is 0 Å². The van der Waals surface area contributed by atoms with Crippen molar-refractivity contribution in [1.82, 2.24) is 0 Å². The smallest absolute Gasteiger partial charge is 0.305 e.